The number of nitrogens with two attached hydrogens (primary N) is 1. The van der Waals surface area contributed by atoms with Crippen molar-refractivity contribution < 1.29 is 33.6 Å². The number of hydrogen-bond acceptors (Lipinski definition) is 11. The molecule has 10 aromatic rings. The Morgan fingerprint density at radius 2 is 0.633 bits per heavy atom. The Kier molecular flexibility index (Phi) is 26.6. The van der Waals surface area contributed by atoms with Crippen molar-refractivity contribution in [3.05, 3.63) is 333 Å². The zero-order valence-electron chi connectivity index (χ0n) is 52.5. The Balaban J connectivity index is 0.000000181. The van der Waals surface area contributed by atoms with E-state index in [0.29, 0.717) is 34.8 Å². The van der Waals surface area contributed by atoms with Gasteiger partial charge in [-0.25, -0.2) is 0 Å². The molecule has 0 saturated carbocycles. The molecule has 0 aromatic heterocycles. The molecule has 0 amide bonds. The van der Waals surface area contributed by atoms with E-state index in [4.69, 9.17) is 5.73 Å². The SMILES string of the molecule is CCN(CC)c1ccc(C(=O)c2ccc(N(CC)CC)cc2)cc1.CN(C)c1ccc(C(=O)c2ccccc2)cc1.Cc1ccc(C(=O)c2ccccc2)cc1.Cc1cccc(C(=O)c2ccccc2)c1.Nc1cc(C=O)ccc1C(=O)c1ccc(C=O)cc1. The summed E-state index contributed by atoms with van der Waals surface area (Å²) >= 11 is 0. The third-order valence-electron chi connectivity index (χ3n) is 14.6. The predicted molar refractivity (Wildman–Crippen MR) is 368 cm³/mol. The van der Waals surface area contributed by atoms with Crippen molar-refractivity contribution in [3.8, 4) is 0 Å². The second kappa shape index (κ2) is 35.0. The number of nitrogens with zero attached hydrogens (tertiary/aromatic N) is 3. The van der Waals surface area contributed by atoms with E-state index in [-0.39, 0.29) is 34.6 Å². The Bertz CT molecular complexity index is 3860. The van der Waals surface area contributed by atoms with Crippen LogP contribution >= 0.6 is 0 Å². The third-order valence-corrected chi connectivity index (χ3v) is 14.6. The van der Waals surface area contributed by atoms with Gasteiger partial charge in [0.15, 0.2) is 28.9 Å². The topological polar surface area (TPSA) is 155 Å². The first-order valence-electron chi connectivity index (χ1n) is 29.9. The summed E-state index contributed by atoms with van der Waals surface area (Å²) in [6, 6.07) is 77.6. The molecule has 90 heavy (non-hydrogen) atoms. The maximum absolute atomic E-state index is 12.7. The standard InChI is InChI=1S/C21H28N2O.C15H11NO3.C15H15NO.2C14H12O/c1-5-22(6-2)19-13-9-17(10-14-19)21(24)18-11-15-20(16-12-18)23(7-3)8-4;16-14-7-11(9-18)3-6-13(14)15(19)12-4-1-10(8-17)2-5-12;1-16(2)14-10-8-13(9-11-14)15(17)12-6-4-3-5-7-12;1-11-6-5-9-13(10-11)14(15)12-7-3-2-4-8-12;1-11-7-9-13(10-8-11)14(15)12-5-3-2-4-6-12/h9-16H,5-8H2,1-4H3;1-9H,16H2;3-11H,1-2H3;2*2-10H,1H3. The molecule has 0 aliphatic heterocycles. The van der Waals surface area contributed by atoms with Crippen LogP contribution in [0.1, 0.15) is 139 Å². The first kappa shape index (κ1) is 68.2. The van der Waals surface area contributed by atoms with Gasteiger partial charge in [-0.05, 0) is 133 Å². The maximum Gasteiger partial charge on any atom is 0.195 e. The van der Waals surface area contributed by atoms with E-state index in [1.807, 2.05) is 245 Å². The Morgan fingerprint density at radius 1 is 0.322 bits per heavy atom. The summed E-state index contributed by atoms with van der Waals surface area (Å²) in [6.45, 7) is 16.4. The van der Waals surface area contributed by atoms with E-state index in [2.05, 4.69) is 37.5 Å². The predicted octanol–water partition coefficient (Wildman–Crippen LogP) is 16.2. The molecule has 0 unspecified atom stereocenters. The molecule has 0 heterocycles. The quantitative estimate of drug-likeness (QED) is 0.0467. The van der Waals surface area contributed by atoms with Crippen LogP contribution in [0.25, 0.3) is 0 Å². The molecule has 10 aromatic carbocycles. The van der Waals surface area contributed by atoms with Crippen LogP contribution in [-0.4, -0.2) is 81.8 Å². The smallest absolute Gasteiger partial charge is 0.195 e. The summed E-state index contributed by atoms with van der Waals surface area (Å²) in [5, 5.41) is 0. The molecule has 0 spiro atoms. The van der Waals surface area contributed by atoms with Gasteiger partial charge in [-0.2, -0.15) is 0 Å². The zero-order chi connectivity index (χ0) is 65.0. The van der Waals surface area contributed by atoms with Gasteiger partial charge in [-0.3, -0.25) is 33.6 Å². The first-order chi connectivity index (χ1) is 43.5. The van der Waals surface area contributed by atoms with Crippen molar-refractivity contribution in [2.24, 2.45) is 0 Å². The van der Waals surface area contributed by atoms with Crippen molar-refractivity contribution in [1.82, 2.24) is 0 Å². The molecule has 11 heteroatoms. The maximum atomic E-state index is 12.7. The van der Waals surface area contributed by atoms with Crippen LogP contribution in [0, 0.1) is 13.8 Å². The number of nitrogen functional groups attached to an aromatic ring is 1. The highest BCUT2D eigenvalue weighted by Gasteiger charge is 2.15. The van der Waals surface area contributed by atoms with Crippen LogP contribution in [0.2, 0.25) is 0 Å². The normalized spacial score (nSPS) is 10.1. The van der Waals surface area contributed by atoms with Gasteiger partial charge in [-0.15, -0.1) is 0 Å². The molecule has 2 N–H and O–H groups in total. The van der Waals surface area contributed by atoms with E-state index < -0.39 is 0 Å². The van der Waals surface area contributed by atoms with Gasteiger partial charge < -0.3 is 20.4 Å². The van der Waals surface area contributed by atoms with E-state index in [9.17, 15) is 33.6 Å². The third kappa shape index (κ3) is 19.8. The molecule has 10 rings (SSSR count). The minimum atomic E-state index is -0.243. The van der Waals surface area contributed by atoms with Crippen LogP contribution < -0.4 is 20.4 Å². The summed E-state index contributed by atoms with van der Waals surface area (Å²) in [5.41, 5.74) is 19.3. The Hall–Kier alpha value is -10.9. The lowest BCUT2D eigenvalue weighted by atomic mass is 9.99. The number of carbonyl (C=O) groups excluding carboxylic acids is 7. The number of benzene rings is 10. The molecule has 11 nitrogen and oxygen atoms in total. The number of aldehydes is 2. The van der Waals surface area contributed by atoms with E-state index in [0.717, 1.165) is 93.3 Å². The highest BCUT2D eigenvalue weighted by atomic mass is 16.1. The van der Waals surface area contributed by atoms with Crippen LogP contribution in [0.3, 0.4) is 0 Å². The molecule has 0 saturated heterocycles. The van der Waals surface area contributed by atoms with E-state index in [1.165, 1.54) is 23.8 Å². The number of hydrogen-bond donors (Lipinski definition) is 1. The summed E-state index contributed by atoms with van der Waals surface area (Å²) < 4.78 is 0. The zero-order valence-corrected chi connectivity index (χ0v) is 52.5. The molecule has 0 radical (unpaired) electrons. The van der Waals surface area contributed by atoms with E-state index >= 15 is 0 Å². The van der Waals surface area contributed by atoms with Gasteiger partial charge in [-0.1, -0.05) is 175 Å². The second-order valence-electron chi connectivity index (χ2n) is 21.1. The Labute approximate surface area is 530 Å². The van der Waals surface area contributed by atoms with Gasteiger partial charge in [0.1, 0.15) is 12.6 Å². The molecule has 0 bridgehead atoms. The van der Waals surface area contributed by atoms with Gasteiger partial charge in [0.05, 0.1) is 0 Å². The fourth-order valence-electron chi connectivity index (χ4n) is 9.39. The van der Waals surface area contributed by atoms with Gasteiger partial charge in [0.25, 0.3) is 0 Å². The number of carbonyl (C=O) groups is 7. The van der Waals surface area contributed by atoms with Gasteiger partial charge in [0.2, 0.25) is 0 Å². The number of aryl methyl sites for hydroxylation is 2. The first-order valence-corrected chi connectivity index (χ1v) is 29.9. The van der Waals surface area contributed by atoms with Crippen LogP contribution in [0.4, 0.5) is 22.7 Å². The highest BCUT2D eigenvalue weighted by Crippen LogP contribution is 2.22. The molecule has 0 aliphatic carbocycles. The monoisotopic (exact) mass is 1190 g/mol. The lowest BCUT2D eigenvalue weighted by Gasteiger charge is -2.21. The number of anilines is 4. The number of ketones is 5. The van der Waals surface area contributed by atoms with Crippen LogP contribution in [-0.2, 0) is 0 Å². The minimum absolute atomic E-state index is 0.0657. The van der Waals surface area contributed by atoms with Gasteiger partial charge in [0, 0.05) is 130 Å². The molecular weight excluding hydrogens is 1120 g/mol. The summed E-state index contributed by atoms with van der Waals surface area (Å²) in [6.07, 6.45) is 1.38. The molecule has 0 aliphatic rings. The van der Waals surface area contributed by atoms with E-state index in [1.54, 1.807) is 24.3 Å². The van der Waals surface area contributed by atoms with Crippen molar-refractivity contribution in [2.75, 3.05) is 60.7 Å². The Morgan fingerprint density at radius 3 is 0.978 bits per heavy atom. The highest BCUT2D eigenvalue weighted by molar-refractivity contribution is 6.13. The molecular formula is C79H78N4O7. The van der Waals surface area contributed by atoms with Crippen molar-refractivity contribution in [2.45, 2.75) is 41.5 Å². The van der Waals surface area contributed by atoms with Gasteiger partial charge >= 0.3 is 0 Å². The summed E-state index contributed by atoms with van der Waals surface area (Å²) in [5.74, 6) is 0.0606. The lowest BCUT2D eigenvalue weighted by molar-refractivity contribution is 0.103. The van der Waals surface area contributed by atoms with Crippen LogP contribution in [0.5, 0.6) is 0 Å². The fourth-order valence-corrected chi connectivity index (χ4v) is 9.39. The average Bonchev–Trinajstić information content (AvgIpc) is 3.70. The molecule has 456 valence electrons. The molecule has 0 fully saturated rings. The minimum Gasteiger partial charge on any atom is -0.398 e. The van der Waals surface area contributed by atoms with Crippen LogP contribution in [0.15, 0.2) is 255 Å². The molecule has 0 atom stereocenters. The number of rotatable bonds is 19. The average molecular weight is 1200 g/mol. The second-order valence-corrected chi connectivity index (χ2v) is 21.1. The summed E-state index contributed by atoms with van der Waals surface area (Å²) in [4.78, 5) is 88.6. The fraction of sp³-hybridized carbons (Fsp3) is 0.152. The lowest BCUT2D eigenvalue weighted by Crippen LogP contribution is -2.22. The summed E-state index contributed by atoms with van der Waals surface area (Å²) in [7, 11) is 3.96. The largest absolute Gasteiger partial charge is 0.398 e. The van der Waals surface area contributed by atoms with Crippen molar-refractivity contribution >= 4 is 64.2 Å². The van der Waals surface area contributed by atoms with Crippen molar-refractivity contribution in [3.63, 3.8) is 0 Å². The van der Waals surface area contributed by atoms with Crippen molar-refractivity contribution in [1.29, 1.82) is 0 Å².